The van der Waals surface area contributed by atoms with Crippen molar-refractivity contribution in [3.8, 4) is 0 Å². The summed E-state index contributed by atoms with van der Waals surface area (Å²) in [5.74, 6) is 0. The minimum atomic E-state index is 0. The maximum absolute atomic E-state index is 2.29. The molecule has 94 valence electrons. The molecule has 15 heavy (non-hydrogen) atoms. The molecule has 0 fully saturated rings. The maximum atomic E-state index is 2.29. The Morgan fingerprint density at radius 1 is 0.400 bits per heavy atom. The zero-order valence-electron chi connectivity index (χ0n) is 10.8. The van der Waals surface area contributed by atoms with E-state index in [2.05, 4.69) is 13.8 Å². The largest absolute Gasteiger partial charge is 0.0654 e. The van der Waals surface area contributed by atoms with Crippen LogP contribution in [0.2, 0.25) is 0 Å². The van der Waals surface area contributed by atoms with Crippen LogP contribution in [0.5, 0.6) is 0 Å². The van der Waals surface area contributed by atoms with E-state index in [1.807, 2.05) is 0 Å². The molecule has 0 N–H and O–H groups in total. The van der Waals surface area contributed by atoms with E-state index in [1.165, 1.54) is 77.0 Å². The maximum Gasteiger partial charge on any atom is 0 e. The summed E-state index contributed by atoms with van der Waals surface area (Å²) >= 11 is 0. The van der Waals surface area contributed by atoms with Gasteiger partial charge in [0.05, 0.1) is 0 Å². The van der Waals surface area contributed by atoms with Crippen molar-refractivity contribution in [2.75, 3.05) is 0 Å². The van der Waals surface area contributed by atoms with Crippen LogP contribution in [0.15, 0.2) is 0 Å². The molecule has 0 unspecified atom stereocenters. The minimum absolute atomic E-state index is 0. The van der Waals surface area contributed by atoms with Gasteiger partial charge in [-0.15, -0.1) is 0 Å². The summed E-state index contributed by atoms with van der Waals surface area (Å²) in [6, 6.07) is 0. The molecule has 0 rings (SSSR count). The Kier molecular flexibility index (Phi) is 20.2. The number of hydrogen-bond acceptors (Lipinski definition) is 0. The molecule has 0 aliphatic heterocycles. The van der Waals surface area contributed by atoms with E-state index in [4.69, 9.17) is 0 Å². The molecule has 0 saturated heterocycles. The number of hydrogen-bond donors (Lipinski definition) is 0. The first-order valence-corrected chi connectivity index (χ1v) is 6.91. The van der Waals surface area contributed by atoms with E-state index in [9.17, 15) is 0 Å². The summed E-state index contributed by atoms with van der Waals surface area (Å²) in [7, 11) is 0. The smallest absolute Gasteiger partial charge is 0 e. The van der Waals surface area contributed by atoms with Crippen LogP contribution in [-0.4, -0.2) is 0 Å². The van der Waals surface area contributed by atoms with Crippen LogP contribution in [-0.2, 0) is 17.1 Å². The summed E-state index contributed by atoms with van der Waals surface area (Å²) in [6.45, 7) is 4.57. The Morgan fingerprint density at radius 2 is 0.600 bits per heavy atom. The van der Waals surface area contributed by atoms with Gasteiger partial charge in [-0.25, -0.2) is 0 Å². The van der Waals surface area contributed by atoms with Crippen molar-refractivity contribution in [2.24, 2.45) is 0 Å². The molecule has 0 aliphatic carbocycles. The van der Waals surface area contributed by atoms with Crippen LogP contribution >= 0.6 is 0 Å². The monoisotopic (exact) mass is 254 g/mol. The van der Waals surface area contributed by atoms with Gasteiger partial charge in [0, 0.05) is 17.1 Å². The molecular formula is C14H30Fe. The van der Waals surface area contributed by atoms with Crippen molar-refractivity contribution in [1.82, 2.24) is 0 Å². The molecule has 0 aromatic carbocycles. The first-order chi connectivity index (χ1) is 6.91. The Morgan fingerprint density at radius 3 is 0.800 bits per heavy atom. The van der Waals surface area contributed by atoms with Crippen molar-refractivity contribution in [3.63, 3.8) is 0 Å². The molecule has 0 radical (unpaired) electrons. The summed E-state index contributed by atoms with van der Waals surface area (Å²) in [5.41, 5.74) is 0. The topological polar surface area (TPSA) is 0 Å². The SMILES string of the molecule is CCCCCCCCCCCCCC.[Fe]. The van der Waals surface area contributed by atoms with E-state index in [0.717, 1.165) is 0 Å². The van der Waals surface area contributed by atoms with Crippen LogP contribution in [0.1, 0.15) is 90.9 Å². The zero-order chi connectivity index (χ0) is 10.5. The van der Waals surface area contributed by atoms with Gasteiger partial charge in [-0.2, -0.15) is 0 Å². The third-order valence-corrected chi connectivity index (χ3v) is 2.96. The van der Waals surface area contributed by atoms with E-state index in [1.54, 1.807) is 0 Å². The quantitative estimate of drug-likeness (QED) is 0.327. The summed E-state index contributed by atoms with van der Waals surface area (Å²) in [6.07, 6.45) is 17.4. The van der Waals surface area contributed by atoms with Crippen molar-refractivity contribution in [1.29, 1.82) is 0 Å². The first kappa shape index (κ1) is 17.9. The fourth-order valence-electron chi connectivity index (χ4n) is 1.91. The normalized spacial score (nSPS) is 10.0. The number of unbranched alkanes of at least 4 members (excludes halogenated alkanes) is 11. The van der Waals surface area contributed by atoms with Crippen molar-refractivity contribution in [2.45, 2.75) is 90.9 Å². The molecule has 0 aromatic heterocycles. The van der Waals surface area contributed by atoms with Gasteiger partial charge in [0.2, 0.25) is 0 Å². The average molecular weight is 254 g/mol. The molecule has 0 bridgehead atoms. The van der Waals surface area contributed by atoms with E-state index in [0.29, 0.717) is 0 Å². The minimum Gasteiger partial charge on any atom is -0.0654 e. The van der Waals surface area contributed by atoms with Gasteiger partial charge in [-0.3, -0.25) is 0 Å². The Labute approximate surface area is 108 Å². The van der Waals surface area contributed by atoms with Crippen molar-refractivity contribution in [3.05, 3.63) is 0 Å². The predicted molar refractivity (Wildman–Crippen MR) is 66.8 cm³/mol. The van der Waals surface area contributed by atoms with Gasteiger partial charge in [-0.05, 0) is 0 Å². The molecule has 0 aliphatic rings. The Balaban J connectivity index is 0. The van der Waals surface area contributed by atoms with Crippen LogP contribution in [0.3, 0.4) is 0 Å². The van der Waals surface area contributed by atoms with Gasteiger partial charge in [0.15, 0.2) is 0 Å². The fourth-order valence-corrected chi connectivity index (χ4v) is 1.91. The van der Waals surface area contributed by atoms with E-state index >= 15 is 0 Å². The van der Waals surface area contributed by atoms with E-state index < -0.39 is 0 Å². The molecular weight excluding hydrogens is 224 g/mol. The summed E-state index contributed by atoms with van der Waals surface area (Å²) < 4.78 is 0. The molecule has 0 heterocycles. The second-order valence-corrected chi connectivity index (χ2v) is 4.54. The molecule has 1 heteroatoms. The first-order valence-electron chi connectivity index (χ1n) is 6.91. The van der Waals surface area contributed by atoms with Crippen LogP contribution in [0.4, 0.5) is 0 Å². The second-order valence-electron chi connectivity index (χ2n) is 4.54. The van der Waals surface area contributed by atoms with Crippen LogP contribution in [0, 0.1) is 0 Å². The van der Waals surface area contributed by atoms with Crippen molar-refractivity contribution >= 4 is 0 Å². The third kappa shape index (κ3) is 17.1. The standard InChI is InChI=1S/C14H30.Fe/c1-3-5-7-9-11-13-14-12-10-8-6-4-2;/h3-14H2,1-2H3;. The summed E-state index contributed by atoms with van der Waals surface area (Å²) in [5, 5.41) is 0. The molecule has 0 spiro atoms. The van der Waals surface area contributed by atoms with Gasteiger partial charge in [0.25, 0.3) is 0 Å². The molecule has 0 saturated carbocycles. The van der Waals surface area contributed by atoms with Gasteiger partial charge in [0.1, 0.15) is 0 Å². The summed E-state index contributed by atoms with van der Waals surface area (Å²) in [4.78, 5) is 0. The van der Waals surface area contributed by atoms with E-state index in [-0.39, 0.29) is 17.1 Å². The fraction of sp³-hybridized carbons (Fsp3) is 1.00. The third-order valence-electron chi connectivity index (χ3n) is 2.96. The predicted octanol–water partition coefficient (Wildman–Crippen LogP) is 5.70. The number of rotatable bonds is 11. The van der Waals surface area contributed by atoms with Gasteiger partial charge >= 0.3 is 0 Å². The van der Waals surface area contributed by atoms with Crippen LogP contribution < -0.4 is 0 Å². The molecule has 0 amide bonds. The average Bonchev–Trinajstić information content (AvgIpc) is 2.21. The Bertz CT molecular complexity index is 79.3. The van der Waals surface area contributed by atoms with Gasteiger partial charge < -0.3 is 0 Å². The molecule has 0 aromatic rings. The second kappa shape index (κ2) is 16.9. The Hall–Kier alpha value is 0.519. The van der Waals surface area contributed by atoms with Crippen LogP contribution in [0.25, 0.3) is 0 Å². The molecule has 0 atom stereocenters. The zero-order valence-corrected chi connectivity index (χ0v) is 11.9. The van der Waals surface area contributed by atoms with Gasteiger partial charge in [-0.1, -0.05) is 90.9 Å². The molecule has 0 nitrogen and oxygen atoms in total. The van der Waals surface area contributed by atoms with Crippen molar-refractivity contribution < 1.29 is 17.1 Å².